The predicted molar refractivity (Wildman–Crippen MR) is 54.2 cm³/mol. The van der Waals surface area contributed by atoms with Crippen LogP contribution in [0, 0.1) is 0 Å². The largest absolute Gasteiger partial charge is 0.396 e. The molecule has 15 heavy (non-hydrogen) atoms. The number of hydrogen-bond acceptors (Lipinski definition) is 3. The third kappa shape index (κ3) is 1.63. The van der Waals surface area contributed by atoms with Gasteiger partial charge >= 0.3 is 0 Å². The summed E-state index contributed by atoms with van der Waals surface area (Å²) >= 11 is 0. The van der Waals surface area contributed by atoms with Crippen LogP contribution >= 0.6 is 0 Å². The van der Waals surface area contributed by atoms with Crippen LogP contribution in [-0.4, -0.2) is 21.1 Å². The number of aliphatic hydroxyl groups excluding tert-OH is 1. The van der Waals surface area contributed by atoms with Crippen molar-refractivity contribution in [2.24, 2.45) is 5.11 Å². The second-order valence-corrected chi connectivity index (χ2v) is 3.02. The molecule has 1 N–H and O–H groups in total. The van der Waals surface area contributed by atoms with Crippen LogP contribution in [-0.2, 0) is 0 Å². The molecule has 0 amide bonds. The van der Waals surface area contributed by atoms with Crippen LogP contribution in [0.25, 0.3) is 16.1 Å². The monoisotopic (exact) mass is 203 g/mol. The van der Waals surface area contributed by atoms with Gasteiger partial charge in [0.1, 0.15) is 11.7 Å². The van der Waals surface area contributed by atoms with Gasteiger partial charge in [0, 0.05) is 17.3 Å². The summed E-state index contributed by atoms with van der Waals surface area (Å²) in [5, 5.41) is 12.6. The van der Waals surface area contributed by atoms with Gasteiger partial charge in [-0.25, -0.2) is 4.98 Å². The average molecular weight is 203 g/mol. The normalized spacial score (nSPS) is 12.3. The molecular formula is C9H9N5O. The van der Waals surface area contributed by atoms with Crippen molar-refractivity contribution in [1.82, 2.24) is 9.38 Å². The molecule has 0 saturated carbocycles. The minimum absolute atomic E-state index is 0.229. The summed E-state index contributed by atoms with van der Waals surface area (Å²) in [6.07, 6.45) is 3.41. The molecule has 6 nitrogen and oxygen atoms in total. The van der Waals surface area contributed by atoms with E-state index in [0.29, 0.717) is 5.69 Å². The fourth-order valence-electron chi connectivity index (χ4n) is 1.45. The third-order valence-electron chi connectivity index (χ3n) is 2.15. The van der Waals surface area contributed by atoms with Gasteiger partial charge < -0.3 is 9.51 Å². The minimum atomic E-state index is -0.590. The summed E-state index contributed by atoms with van der Waals surface area (Å²) in [6.45, 7) is -0.229. The zero-order valence-electron chi connectivity index (χ0n) is 7.85. The maximum absolute atomic E-state index is 9.08. The van der Waals surface area contributed by atoms with Gasteiger partial charge in [-0.1, -0.05) is 11.2 Å². The first-order valence-corrected chi connectivity index (χ1v) is 4.44. The summed E-state index contributed by atoms with van der Waals surface area (Å²) in [6, 6.07) is 4.97. The Morgan fingerprint density at radius 2 is 2.47 bits per heavy atom. The average Bonchev–Trinajstić information content (AvgIpc) is 2.70. The molecule has 0 aliphatic rings. The molecule has 0 aliphatic carbocycles. The number of fused-ring (bicyclic) bond motifs is 1. The molecule has 6 heteroatoms. The molecule has 0 aliphatic heterocycles. The number of pyridine rings is 1. The highest BCUT2D eigenvalue weighted by molar-refractivity contribution is 5.40. The van der Waals surface area contributed by atoms with E-state index in [-0.39, 0.29) is 6.61 Å². The van der Waals surface area contributed by atoms with Crippen molar-refractivity contribution in [2.45, 2.75) is 6.04 Å². The number of aliphatic hydroxyl groups is 1. The van der Waals surface area contributed by atoms with Crippen molar-refractivity contribution in [3.8, 4) is 0 Å². The van der Waals surface area contributed by atoms with Gasteiger partial charge in [0.2, 0.25) is 0 Å². The van der Waals surface area contributed by atoms with Crippen LogP contribution in [0.3, 0.4) is 0 Å². The Balaban J connectivity index is 2.55. The maximum Gasteiger partial charge on any atom is 0.136 e. The van der Waals surface area contributed by atoms with Gasteiger partial charge in [-0.15, -0.1) is 0 Å². The second-order valence-electron chi connectivity index (χ2n) is 3.02. The van der Waals surface area contributed by atoms with E-state index >= 15 is 0 Å². The Bertz CT molecular complexity index is 514. The Hall–Kier alpha value is -2.04. The van der Waals surface area contributed by atoms with Crippen molar-refractivity contribution >= 4 is 5.65 Å². The van der Waals surface area contributed by atoms with E-state index in [1.165, 1.54) is 0 Å². The molecule has 2 heterocycles. The summed E-state index contributed by atoms with van der Waals surface area (Å²) in [7, 11) is 0. The smallest absolute Gasteiger partial charge is 0.136 e. The van der Waals surface area contributed by atoms with Crippen molar-refractivity contribution in [1.29, 1.82) is 0 Å². The fourth-order valence-corrected chi connectivity index (χ4v) is 1.45. The van der Waals surface area contributed by atoms with Crippen LogP contribution in [0.5, 0.6) is 0 Å². The zero-order chi connectivity index (χ0) is 10.7. The van der Waals surface area contributed by atoms with Crippen LogP contribution < -0.4 is 0 Å². The maximum atomic E-state index is 9.08. The van der Waals surface area contributed by atoms with Gasteiger partial charge in [-0.2, -0.15) is 0 Å². The number of hydrogen-bond donors (Lipinski definition) is 1. The number of azide groups is 1. The van der Waals surface area contributed by atoms with Gasteiger partial charge in [0.05, 0.1) is 12.3 Å². The lowest BCUT2D eigenvalue weighted by molar-refractivity contribution is 0.265. The van der Waals surface area contributed by atoms with E-state index < -0.39 is 6.04 Å². The lowest BCUT2D eigenvalue weighted by Crippen LogP contribution is -2.03. The topological polar surface area (TPSA) is 86.3 Å². The predicted octanol–water partition coefficient (Wildman–Crippen LogP) is 1.68. The molecule has 0 spiro atoms. The summed E-state index contributed by atoms with van der Waals surface area (Å²) in [4.78, 5) is 6.83. The molecule has 0 radical (unpaired) electrons. The van der Waals surface area contributed by atoms with E-state index in [9.17, 15) is 0 Å². The zero-order valence-corrected chi connectivity index (χ0v) is 7.85. The first-order chi connectivity index (χ1) is 7.36. The molecule has 0 fully saturated rings. The van der Waals surface area contributed by atoms with Crippen molar-refractivity contribution in [3.05, 3.63) is 46.7 Å². The number of imidazole rings is 1. The molecule has 76 valence electrons. The molecule has 2 aromatic rings. The number of aromatic nitrogens is 2. The highest BCUT2D eigenvalue weighted by atomic mass is 16.3. The van der Waals surface area contributed by atoms with Crippen LogP contribution in [0.2, 0.25) is 0 Å². The molecular weight excluding hydrogens is 194 g/mol. The van der Waals surface area contributed by atoms with Crippen LogP contribution in [0.4, 0.5) is 0 Å². The molecule has 1 atom stereocenters. The van der Waals surface area contributed by atoms with E-state index in [1.807, 2.05) is 24.4 Å². The molecule has 2 rings (SSSR count). The van der Waals surface area contributed by atoms with Gasteiger partial charge in [-0.05, 0) is 17.7 Å². The number of nitrogens with zero attached hydrogens (tertiary/aromatic N) is 5. The van der Waals surface area contributed by atoms with Gasteiger partial charge in [-0.3, -0.25) is 0 Å². The standard InChI is InChI=1S/C9H9N5O/c10-13-12-7(6-15)8-5-11-9-3-1-2-4-14(8)9/h1-5,7,15H,6H2. The lowest BCUT2D eigenvalue weighted by Gasteiger charge is -2.06. The van der Waals surface area contributed by atoms with E-state index in [4.69, 9.17) is 10.6 Å². The Kier molecular flexibility index (Phi) is 2.53. The Morgan fingerprint density at radius 3 is 3.20 bits per heavy atom. The van der Waals surface area contributed by atoms with E-state index in [0.717, 1.165) is 5.65 Å². The van der Waals surface area contributed by atoms with Crippen molar-refractivity contribution in [3.63, 3.8) is 0 Å². The first kappa shape index (κ1) is 9.51. The molecule has 0 saturated heterocycles. The van der Waals surface area contributed by atoms with Crippen molar-refractivity contribution in [2.75, 3.05) is 6.61 Å². The Labute approximate surface area is 85.4 Å². The SMILES string of the molecule is [N-]=[N+]=NC(CO)c1cnc2ccccn12. The Morgan fingerprint density at radius 1 is 1.60 bits per heavy atom. The number of rotatable bonds is 3. The second kappa shape index (κ2) is 4.00. The van der Waals surface area contributed by atoms with Crippen LogP contribution in [0.1, 0.15) is 11.7 Å². The van der Waals surface area contributed by atoms with Gasteiger partial charge in [0.25, 0.3) is 0 Å². The lowest BCUT2D eigenvalue weighted by atomic mass is 10.2. The summed E-state index contributed by atoms with van der Waals surface area (Å²) in [5.41, 5.74) is 9.81. The van der Waals surface area contributed by atoms with Crippen molar-refractivity contribution < 1.29 is 5.11 Å². The first-order valence-electron chi connectivity index (χ1n) is 4.44. The third-order valence-corrected chi connectivity index (χ3v) is 2.15. The molecule has 2 aromatic heterocycles. The fraction of sp³-hybridized carbons (Fsp3) is 0.222. The van der Waals surface area contributed by atoms with E-state index in [2.05, 4.69) is 15.0 Å². The summed E-state index contributed by atoms with van der Waals surface area (Å²) in [5.74, 6) is 0. The molecule has 0 aromatic carbocycles. The van der Waals surface area contributed by atoms with E-state index in [1.54, 1.807) is 10.6 Å². The highest BCUT2D eigenvalue weighted by Gasteiger charge is 2.12. The van der Waals surface area contributed by atoms with Gasteiger partial charge in [0.15, 0.2) is 0 Å². The molecule has 0 bridgehead atoms. The minimum Gasteiger partial charge on any atom is -0.396 e. The van der Waals surface area contributed by atoms with Crippen LogP contribution in [0.15, 0.2) is 35.7 Å². The summed E-state index contributed by atoms with van der Waals surface area (Å²) < 4.78 is 1.79. The highest BCUT2D eigenvalue weighted by Crippen LogP contribution is 2.18. The quantitative estimate of drug-likeness (QED) is 0.467. The molecule has 1 unspecified atom stereocenters.